The molecule has 4 heterocycles. The molecule has 0 N–H and O–H groups in total. The summed E-state index contributed by atoms with van der Waals surface area (Å²) in [7, 11) is 0. The lowest BCUT2D eigenvalue weighted by molar-refractivity contribution is 0.0204. The number of ether oxygens (including phenoxy) is 2. The molecule has 2 aromatic carbocycles. The number of likely N-dealkylation sites (tertiary alicyclic amines) is 1. The first-order valence-electron chi connectivity index (χ1n) is 18.2. The SMILES string of the molecule is CCOC(=O)c1cnn(-c2cccc(-c3cccc4c3N(Cc3ccc(C5CCN(C(=O)OC(C)(C)C)CC5)c(CC)c3)CC4C)n2)c1CC. The monoisotopic (exact) mass is 677 g/mol. The van der Waals surface area contributed by atoms with Crippen molar-refractivity contribution >= 4 is 17.7 Å². The zero-order valence-electron chi connectivity index (χ0n) is 30.7. The van der Waals surface area contributed by atoms with Crippen molar-refractivity contribution in [2.45, 2.75) is 98.1 Å². The molecule has 1 amide bonds. The Morgan fingerprint density at radius 3 is 2.40 bits per heavy atom. The van der Waals surface area contributed by atoms with Crippen LogP contribution in [0.3, 0.4) is 0 Å². The van der Waals surface area contributed by atoms with Gasteiger partial charge in [-0.15, -0.1) is 0 Å². The van der Waals surface area contributed by atoms with E-state index in [4.69, 9.17) is 14.5 Å². The third-order valence-corrected chi connectivity index (χ3v) is 9.88. The molecular formula is C41H51N5O4. The first kappa shape index (κ1) is 35.2. The van der Waals surface area contributed by atoms with E-state index >= 15 is 0 Å². The van der Waals surface area contributed by atoms with Gasteiger partial charge in [0.2, 0.25) is 0 Å². The lowest BCUT2D eigenvalue weighted by Gasteiger charge is -2.34. The lowest BCUT2D eigenvalue weighted by atomic mass is 9.85. The predicted octanol–water partition coefficient (Wildman–Crippen LogP) is 8.47. The van der Waals surface area contributed by atoms with E-state index in [1.165, 1.54) is 27.9 Å². The van der Waals surface area contributed by atoms with Crippen LogP contribution < -0.4 is 4.90 Å². The molecule has 0 saturated carbocycles. The number of esters is 1. The molecule has 0 radical (unpaired) electrons. The summed E-state index contributed by atoms with van der Waals surface area (Å²) >= 11 is 0. The number of carbonyl (C=O) groups is 2. The Bertz CT molecular complexity index is 1850. The van der Waals surface area contributed by atoms with E-state index in [-0.39, 0.29) is 12.1 Å². The predicted molar refractivity (Wildman–Crippen MR) is 197 cm³/mol. The van der Waals surface area contributed by atoms with Crippen LogP contribution in [0.2, 0.25) is 0 Å². The Morgan fingerprint density at radius 1 is 0.940 bits per heavy atom. The van der Waals surface area contributed by atoms with Gasteiger partial charge in [0.1, 0.15) is 11.2 Å². The summed E-state index contributed by atoms with van der Waals surface area (Å²) in [4.78, 5) is 34.7. The van der Waals surface area contributed by atoms with Crippen molar-refractivity contribution in [3.05, 3.63) is 94.3 Å². The van der Waals surface area contributed by atoms with E-state index in [1.54, 1.807) is 17.8 Å². The molecule has 1 unspecified atom stereocenters. The van der Waals surface area contributed by atoms with Crippen LogP contribution >= 0.6 is 0 Å². The fraction of sp³-hybridized carbons (Fsp3) is 0.463. The second-order valence-corrected chi connectivity index (χ2v) is 14.5. The maximum atomic E-state index is 12.6. The number of pyridine rings is 1. The van der Waals surface area contributed by atoms with Crippen molar-refractivity contribution in [1.29, 1.82) is 0 Å². The van der Waals surface area contributed by atoms with Crippen LogP contribution in [0.25, 0.3) is 17.1 Å². The van der Waals surface area contributed by atoms with Crippen molar-refractivity contribution < 1.29 is 19.1 Å². The summed E-state index contributed by atoms with van der Waals surface area (Å²) in [5.41, 5.74) is 9.39. The number of para-hydroxylation sites is 1. The van der Waals surface area contributed by atoms with Crippen molar-refractivity contribution in [2.75, 3.05) is 31.1 Å². The number of aromatic nitrogens is 3. The number of fused-ring (bicyclic) bond motifs is 1. The van der Waals surface area contributed by atoms with E-state index in [9.17, 15) is 9.59 Å². The van der Waals surface area contributed by atoms with Crippen molar-refractivity contribution in [3.8, 4) is 17.1 Å². The first-order valence-corrected chi connectivity index (χ1v) is 18.2. The van der Waals surface area contributed by atoms with Gasteiger partial charge in [0.05, 0.1) is 29.9 Å². The molecule has 0 spiro atoms. The van der Waals surface area contributed by atoms with E-state index in [0.29, 0.717) is 36.2 Å². The van der Waals surface area contributed by atoms with E-state index in [1.807, 2.05) is 44.7 Å². The summed E-state index contributed by atoms with van der Waals surface area (Å²) in [5, 5.41) is 4.55. The van der Waals surface area contributed by atoms with Crippen LogP contribution in [0.15, 0.2) is 60.8 Å². The van der Waals surface area contributed by atoms with E-state index in [0.717, 1.165) is 62.4 Å². The van der Waals surface area contributed by atoms with Crippen LogP contribution in [0.5, 0.6) is 0 Å². The third-order valence-electron chi connectivity index (χ3n) is 9.88. The van der Waals surface area contributed by atoms with Gasteiger partial charge in [-0.2, -0.15) is 5.10 Å². The summed E-state index contributed by atoms with van der Waals surface area (Å²) in [5.74, 6) is 1.13. The average Bonchev–Trinajstić information content (AvgIpc) is 3.68. The number of hydrogen-bond acceptors (Lipinski definition) is 7. The van der Waals surface area contributed by atoms with Gasteiger partial charge in [0.15, 0.2) is 5.82 Å². The molecule has 2 aliphatic heterocycles. The van der Waals surface area contributed by atoms with Crippen LogP contribution in [-0.2, 0) is 28.9 Å². The summed E-state index contributed by atoms with van der Waals surface area (Å²) < 4.78 is 12.7. The molecule has 0 aliphatic carbocycles. The summed E-state index contributed by atoms with van der Waals surface area (Å²) in [6, 6.07) is 19.6. The number of carbonyl (C=O) groups excluding carboxylic acids is 2. The Balaban J connectivity index is 1.23. The Kier molecular flexibility index (Phi) is 10.3. The average molecular weight is 678 g/mol. The summed E-state index contributed by atoms with van der Waals surface area (Å²) in [6.07, 6.45) is 4.85. The maximum absolute atomic E-state index is 12.6. The molecule has 0 bridgehead atoms. The number of aryl methyl sites for hydroxylation is 1. The number of rotatable bonds is 9. The highest BCUT2D eigenvalue weighted by Crippen LogP contribution is 2.44. The quantitative estimate of drug-likeness (QED) is 0.164. The molecule has 1 saturated heterocycles. The molecule has 50 heavy (non-hydrogen) atoms. The second-order valence-electron chi connectivity index (χ2n) is 14.5. The van der Waals surface area contributed by atoms with Crippen molar-refractivity contribution in [1.82, 2.24) is 19.7 Å². The zero-order valence-corrected chi connectivity index (χ0v) is 30.7. The Labute approximate surface area is 296 Å². The smallest absolute Gasteiger partial charge is 0.410 e. The third kappa shape index (κ3) is 7.28. The minimum absolute atomic E-state index is 0.210. The van der Waals surface area contributed by atoms with Crippen molar-refractivity contribution in [2.24, 2.45) is 0 Å². The molecule has 9 heteroatoms. The van der Waals surface area contributed by atoms with Gasteiger partial charge in [-0.1, -0.05) is 63.2 Å². The number of piperidine rings is 1. The van der Waals surface area contributed by atoms with Gasteiger partial charge in [-0.3, -0.25) is 0 Å². The fourth-order valence-corrected chi connectivity index (χ4v) is 7.55. The largest absolute Gasteiger partial charge is 0.462 e. The normalized spacial score (nSPS) is 16.4. The topological polar surface area (TPSA) is 89.8 Å². The minimum Gasteiger partial charge on any atom is -0.462 e. The van der Waals surface area contributed by atoms with Crippen LogP contribution in [-0.4, -0.2) is 63.6 Å². The van der Waals surface area contributed by atoms with E-state index in [2.05, 4.69) is 66.3 Å². The highest BCUT2D eigenvalue weighted by Gasteiger charge is 2.31. The molecular weight excluding hydrogens is 626 g/mol. The number of hydrogen-bond donors (Lipinski definition) is 0. The van der Waals surface area contributed by atoms with E-state index < -0.39 is 5.60 Å². The molecule has 2 aliphatic rings. The molecule has 1 atom stereocenters. The van der Waals surface area contributed by atoms with Crippen molar-refractivity contribution in [3.63, 3.8) is 0 Å². The zero-order chi connectivity index (χ0) is 35.6. The molecule has 9 nitrogen and oxygen atoms in total. The Hall–Kier alpha value is -4.66. The van der Waals surface area contributed by atoms with Crippen LogP contribution in [0.4, 0.5) is 10.5 Å². The number of anilines is 1. The first-order chi connectivity index (χ1) is 24.0. The van der Waals surface area contributed by atoms with Gasteiger partial charge < -0.3 is 19.3 Å². The molecule has 2 aromatic heterocycles. The standard InChI is InChI=1S/C41H51N5O4/c1-8-29-23-28(17-18-32(29)30-19-21-44(22-20-30)40(48)50-41(5,6)7)26-45-25-27(4)31-13-11-14-33(38(31)45)35-15-12-16-37(43-35)46-36(9-2)34(24-42-46)39(47)49-10-3/h11-18,23-24,27,30H,8-10,19-22,25-26H2,1-7H3. The maximum Gasteiger partial charge on any atom is 0.410 e. The fourth-order valence-electron chi connectivity index (χ4n) is 7.55. The van der Waals surface area contributed by atoms with Gasteiger partial charge in [0, 0.05) is 37.7 Å². The highest BCUT2D eigenvalue weighted by atomic mass is 16.6. The molecule has 4 aromatic rings. The number of nitrogens with zero attached hydrogens (tertiary/aromatic N) is 5. The van der Waals surface area contributed by atoms with Gasteiger partial charge >= 0.3 is 12.1 Å². The van der Waals surface area contributed by atoms with Gasteiger partial charge in [0.25, 0.3) is 0 Å². The van der Waals surface area contributed by atoms with Crippen LogP contribution in [0.1, 0.15) is 111 Å². The van der Waals surface area contributed by atoms with Crippen LogP contribution in [0, 0.1) is 0 Å². The molecule has 1 fully saturated rings. The van der Waals surface area contributed by atoms with Gasteiger partial charge in [-0.05, 0) is 93.7 Å². The number of benzene rings is 2. The molecule has 264 valence electrons. The highest BCUT2D eigenvalue weighted by molar-refractivity contribution is 5.90. The Morgan fingerprint density at radius 2 is 1.70 bits per heavy atom. The molecule has 6 rings (SSSR count). The number of amides is 1. The summed E-state index contributed by atoms with van der Waals surface area (Å²) in [6.45, 7) is 17.6. The van der Waals surface area contributed by atoms with Gasteiger partial charge in [-0.25, -0.2) is 19.3 Å². The minimum atomic E-state index is -0.482. The lowest BCUT2D eigenvalue weighted by Crippen LogP contribution is -2.41. The second kappa shape index (κ2) is 14.7.